The molecule has 1 aromatic rings. The highest BCUT2D eigenvalue weighted by atomic mass is 127. The van der Waals surface area contributed by atoms with Crippen LogP contribution in [0.5, 0.6) is 5.75 Å². The molecule has 0 aliphatic carbocycles. The van der Waals surface area contributed by atoms with Gasteiger partial charge in [-0.05, 0) is 22.6 Å². The zero-order chi connectivity index (χ0) is 10.0. The van der Waals surface area contributed by atoms with Crippen LogP contribution in [0.15, 0.2) is 6.20 Å². The number of ether oxygens (including phenoxy) is 1. The molecule has 0 atom stereocenters. The second kappa shape index (κ2) is 4.12. The van der Waals surface area contributed by atoms with Crippen molar-refractivity contribution in [3.05, 3.63) is 21.3 Å². The van der Waals surface area contributed by atoms with Gasteiger partial charge in [0.2, 0.25) is 5.95 Å². The first-order chi connectivity index (χ1) is 6.07. The standard InChI is InChI=1S/C7H5F3INO/c1-13-5-3(6(8)9)2-12-7(10)4(5)11/h2,6H,1H3. The molecule has 1 rings (SSSR count). The van der Waals surface area contributed by atoms with Crippen LogP contribution in [0.2, 0.25) is 0 Å². The largest absolute Gasteiger partial charge is 0.495 e. The van der Waals surface area contributed by atoms with E-state index in [0.29, 0.717) is 0 Å². The Balaban J connectivity index is 3.30. The minimum Gasteiger partial charge on any atom is -0.495 e. The van der Waals surface area contributed by atoms with Crippen LogP contribution in [0, 0.1) is 9.52 Å². The van der Waals surface area contributed by atoms with Crippen LogP contribution >= 0.6 is 22.6 Å². The highest BCUT2D eigenvalue weighted by Crippen LogP contribution is 2.32. The molecule has 0 aromatic carbocycles. The maximum absolute atomic E-state index is 12.8. The number of aromatic nitrogens is 1. The minimum atomic E-state index is -2.71. The summed E-state index contributed by atoms with van der Waals surface area (Å²) in [5.41, 5.74) is -0.395. The molecule has 0 N–H and O–H groups in total. The molecule has 0 saturated heterocycles. The molecule has 0 saturated carbocycles. The predicted molar refractivity (Wildman–Crippen MR) is 48.4 cm³/mol. The van der Waals surface area contributed by atoms with Gasteiger partial charge in [-0.25, -0.2) is 13.8 Å². The summed E-state index contributed by atoms with van der Waals surface area (Å²) in [6.07, 6.45) is -1.93. The second-order valence-corrected chi connectivity index (χ2v) is 3.23. The molecule has 0 radical (unpaired) electrons. The Morgan fingerprint density at radius 2 is 2.15 bits per heavy atom. The van der Waals surface area contributed by atoms with Gasteiger partial charge in [-0.1, -0.05) is 0 Å². The molecular weight excluding hydrogens is 298 g/mol. The lowest BCUT2D eigenvalue weighted by molar-refractivity contribution is 0.146. The Morgan fingerprint density at radius 3 is 2.62 bits per heavy atom. The highest BCUT2D eigenvalue weighted by molar-refractivity contribution is 14.1. The van der Waals surface area contributed by atoms with Gasteiger partial charge in [0.25, 0.3) is 6.43 Å². The van der Waals surface area contributed by atoms with Gasteiger partial charge in [0.15, 0.2) is 0 Å². The van der Waals surface area contributed by atoms with Gasteiger partial charge in [-0.15, -0.1) is 0 Å². The maximum Gasteiger partial charge on any atom is 0.268 e. The monoisotopic (exact) mass is 303 g/mol. The van der Waals surface area contributed by atoms with Gasteiger partial charge >= 0.3 is 0 Å². The summed E-state index contributed by atoms with van der Waals surface area (Å²) >= 11 is 1.57. The van der Waals surface area contributed by atoms with E-state index in [1.54, 1.807) is 22.6 Å². The van der Waals surface area contributed by atoms with Crippen molar-refractivity contribution in [1.29, 1.82) is 0 Å². The smallest absolute Gasteiger partial charge is 0.268 e. The van der Waals surface area contributed by atoms with Crippen LogP contribution in [-0.4, -0.2) is 12.1 Å². The third kappa shape index (κ3) is 2.04. The van der Waals surface area contributed by atoms with Gasteiger partial charge in [0.05, 0.1) is 12.7 Å². The summed E-state index contributed by atoms with van der Waals surface area (Å²) in [5, 5.41) is 0. The average Bonchev–Trinajstić information content (AvgIpc) is 2.09. The van der Waals surface area contributed by atoms with Gasteiger partial charge in [-0.3, -0.25) is 0 Å². The molecule has 0 fully saturated rings. The van der Waals surface area contributed by atoms with Crippen LogP contribution in [0.1, 0.15) is 12.0 Å². The van der Waals surface area contributed by atoms with Crippen LogP contribution in [0.4, 0.5) is 13.2 Å². The molecule has 2 nitrogen and oxygen atoms in total. The van der Waals surface area contributed by atoms with Crippen LogP contribution in [0.3, 0.4) is 0 Å². The van der Waals surface area contributed by atoms with Crippen molar-refractivity contribution in [2.45, 2.75) is 6.43 Å². The third-order valence-corrected chi connectivity index (χ3v) is 2.33. The van der Waals surface area contributed by atoms with Gasteiger partial charge in [-0.2, -0.15) is 4.39 Å². The summed E-state index contributed by atoms with van der Waals surface area (Å²) in [7, 11) is 1.21. The zero-order valence-electron chi connectivity index (χ0n) is 6.52. The Morgan fingerprint density at radius 1 is 1.54 bits per heavy atom. The number of alkyl halides is 2. The van der Waals surface area contributed by atoms with E-state index in [2.05, 4.69) is 9.72 Å². The van der Waals surface area contributed by atoms with E-state index in [0.717, 1.165) is 6.20 Å². The lowest BCUT2D eigenvalue weighted by Crippen LogP contribution is -2.00. The predicted octanol–water partition coefficient (Wildman–Crippen LogP) is 2.77. The molecule has 0 aliphatic heterocycles. The van der Waals surface area contributed by atoms with Gasteiger partial charge in [0.1, 0.15) is 9.32 Å². The van der Waals surface area contributed by atoms with Crippen molar-refractivity contribution in [1.82, 2.24) is 4.98 Å². The number of hydrogen-bond acceptors (Lipinski definition) is 2. The van der Waals surface area contributed by atoms with E-state index < -0.39 is 17.9 Å². The molecular formula is C7H5F3INO. The highest BCUT2D eigenvalue weighted by Gasteiger charge is 2.19. The number of nitrogens with zero attached hydrogens (tertiary/aromatic N) is 1. The summed E-state index contributed by atoms with van der Waals surface area (Å²) in [5.74, 6) is -0.954. The van der Waals surface area contributed by atoms with Gasteiger partial charge < -0.3 is 4.74 Å². The molecule has 1 aromatic heterocycles. The lowest BCUT2D eigenvalue weighted by atomic mass is 10.2. The molecule has 0 bridgehead atoms. The van der Waals surface area contributed by atoms with E-state index in [9.17, 15) is 13.2 Å². The van der Waals surface area contributed by atoms with Crippen molar-refractivity contribution < 1.29 is 17.9 Å². The lowest BCUT2D eigenvalue weighted by Gasteiger charge is -2.08. The first kappa shape index (κ1) is 10.6. The fraction of sp³-hybridized carbons (Fsp3) is 0.286. The van der Waals surface area contributed by atoms with Crippen molar-refractivity contribution >= 4 is 22.6 Å². The second-order valence-electron chi connectivity index (χ2n) is 2.15. The topological polar surface area (TPSA) is 22.1 Å². The Labute approximate surface area is 86.3 Å². The summed E-state index contributed by atoms with van der Waals surface area (Å²) in [6, 6.07) is 0. The maximum atomic E-state index is 12.8. The number of hydrogen-bond donors (Lipinski definition) is 0. The van der Waals surface area contributed by atoms with Crippen LogP contribution in [0.25, 0.3) is 0 Å². The SMILES string of the molecule is COc1c(C(F)F)cnc(F)c1I. The third-order valence-electron chi connectivity index (χ3n) is 1.40. The van der Waals surface area contributed by atoms with Crippen LogP contribution in [-0.2, 0) is 0 Å². The first-order valence-electron chi connectivity index (χ1n) is 3.24. The Hall–Kier alpha value is -0.530. The van der Waals surface area contributed by atoms with E-state index in [1.165, 1.54) is 7.11 Å². The molecule has 0 amide bonds. The van der Waals surface area contributed by atoms with Crippen molar-refractivity contribution in [3.8, 4) is 5.75 Å². The molecule has 1 heterocycles. The van der Waals surface area contributed by atoms with Crippen molar-refractivity contribution in [2.24, 2.45) is 0 Å². The summed E-state index contributed by atoms with van der Waals surface area (Å²) < 4.78 is 41.9. The number of pyridine rings is 1. The number of methoxy groups -OCH3 is 1. The average molecular weight is 303 g/mol. The number of halogens is 4. The molecule has 0 aliphatic rings. The Kier molecular flexibility index (Phi) is 3.34. The molecule has 6 heteroatoms. The van der Waals surface area contributed by atoms with E-state index >= 15 is 0 Å². The van der Waals surface area contributed by atoms with Gasteiger partial charge in [0, 0.05) is 6.20 Å². The van der Waals surface area contributed by atoms with Crippen molar-refractivity contribution in [3.63, 3.8) is 0 Å². The number of rotatable bonds is 2. The quantitative estimate of drug-likeness (QED) is 0.619. The minimum absolute atomic E-state index is 0.0297. The summed E-state index contributed by atoms with van der Waals surface area (Å²) in [6.45, 7) is 0. The zero-order valence-corrected chi connectivity index (χ0v) is 8.68. The van der Waals surface area contributed by atoms with E-state index in [-0.39, 0.29) is 9.32 Å². The fourth-order valence-electron chi connectivity index (χ4n) is 0.825. The normalized spacial score (nSPS) is 10.6. The molecule has 0 spiro atoms. The molecule has 13 heavy (non-hydrogen) atoms. The van der Waals surface area contributed by atoms with Crippen LogP contribution < -0.4 is 4.74 Å². The molecule has 0 unspecified atom stereocenters. The Bertz CT molecular complexity index is 319. The fourth-order valence-corrected chi connectivity index (χ4v) is 1.50. The van der Waals surface area contributed by atoms with Crippen molar-refractivity contribution in [2.75, 3.05) is 7.11 Å². The van der Waals surface area contributed by atoms with E-state index in [1.807, 2.05) is 0 Å². The molecule has 72 valence electrons. The first-order valence-corrected chi connectivity index (χ1v) is 4.31. The van der Waals surface area contributed by atoms with E-state index in [4.69, 9.17) is 0 Å². The summed E-state index contributed by atoms with van der Waals surface area (Å²) in [4.78, 5) is 3.17.